The number of carbonyl (C=O) groups is 4. The molecule has 20 heteroatoms. The number of rotatable bonds is 13. The molecule has 0 atom stereocenters. The molecule has 0 saturated heterocycles. The fourth-order valence-electron chi connectivity index (χ4n) is 12.2. The van der Waals surface area contributed by atoms with Gasteiger partial charge in [0, 0.05) is 64.6 Å². The molecular weight excluding hydrogens is 1250 g/mol. The van der Waals surface area contributed by atoms with E-state index in [1.807, 2.05) is 122 Å². The smallest absolute Gasteiger partial charge is 0.308 e. The number of esters is 2. The number of nitrogens with two attached hydrogens (primary N) is 1. The number of nitrogen functional groups attached to an aromatic ring is 1. The van der Waals surface area contributed by atoms with E-state index in [0.29, 0.717) is 95.6 Å². The summed E-state index contributed by atoms with van der Waals surface area (Å²) in [5.74, 6) is 0.520. The van der Waals surface area contributed by atoms with Crippen molar-refractivity contribution in [2.24, 2.45) is 47.3 Å². The van der Waals surface area contributed by atoms with E-state index in [9.17, 15) is 38.4 Å². The van der Waals surface area contributed by atoms with Gasteiger partial charge in [0.1, 0.15) is 0 Å². The number of para-hydroxylation sites is 4. The first-order chi connectivity index (χ1) is 44.7. The number of aromatic nitrogens is 6. The van der Waals surface area contributed by atoms with E-state index in [0.717, 1.165) is 101 Å². The predicted molar refractivity (Wildman–Crippen MR) is 366 cm³/mol. The molecule has 0 aliphatic heterocycles. The Morgan fingerprint density at radius 3 is 1.13 bits per heavy atom. The average molecular weight is 1360 g/mol. The maximum Gasteiger partial charge on any atom is 0.308 e. The molecule has 0 spiro atoms. The van der Waals surface area contributed by atoms with E-state index in [-0.39, 0.29) is 90.9 Å². The molecular formula is C73H101N8O11Y-. The summed E-state index contributed by atoms with van der Waals surface area (Å²) in [6, 6.07) is 29.2. The number of nitrogens with zero attached hydrogens (tertiary/aromatic N) is 6. The molecule has 4 N–H and O–H groups in total. The summed E-state index contributed by atoms with van der Waals surface area (Å²) in [5.41, 5.74) is 9.01. The van der Waals surface area contributed by atoms with Gasteiger partial charge in [-0.15, -0.1) is 5.92 Å². The van der Waals surface area contributed by atoms with Crippen LogP contribution in [0.5, 0.6) is 0 Å². The molecule has 11 rings (SSSR count). The van der Waals surface area contributed by atoms with Gasteiger partial charge in [-0.25, -0.2) is 15.0 Å². The first-order valence-corrected chi connectivity index (χ1v) is 33.4. The number of aliphatic carboxylic acids is 1. The van der Waals surface area contributed by atoms with Crippen molar-refractivity contribution in [1.29, 1.82) is 0 Å². The maximum absolute atomic E-state index is 12.5. The number of methoxy groups -OCH3 is 2. The minimum atomic E-state index is -0.696. The summed E-state index contributed by atoms with van der Waals surface area (Å²) in [6.07, 6.45) is 21.0. The Kier molecular flexibility index (Phi) is 37.5. The number of carboxylic acid groups (broad SMARTS) is 1. The molecule has 3 heterocycles. The molecule has 4 aromatic carbocycles. The first kappa shape index (κ1) is 80.0. The van der Waals surface area contributed by atoms with E-state index in [1.165, 1.54) is 14.2 Å². The molecule has 4 aliphatic rings. The molecule has 93 heavy (non-hydrogen) atoms. The first-order valence-electron chi connectivity index (χ1n) is 33.4. The molecule has 1 amide bonds. The second-order valence-electron chi connectivity index (χ2n) is 22.8. The van der Waals surface area contributed by atoms with Crippen molar-refractivity contribution in [2.75, 3.05) is 26.5 Å². The Bertz CT molecular complexity index is 3560. The molecule has 0 bridgehead atoms. The van der Waals surface area contributed by atoms with Crippen LogP contribution in [0.4, 0.5) is 5.69 Å². The molecule has 4 saturated carbocycles. The standard InChI is InChI=1S/C17H20N2O3.C16H18N2O3.C16H22N2O3.C16H17N2O2.4C2H6.Y/c1-22-17(21)13-8-6-12(7-9-13)10-19-11-18-15-5-3-2-4-14(15)16(19)20;19-15-13-3-1-2-4-14(13)17-10-18(15)9-11-5-7-12(8-6-11)16(20)21;1-21-16(20)12-8-6-11(7-9-12)10-18-15(19)13-4-2-3-5-14(13)17;19-10-13-7-5-12(6-8-13)9-18-11-17-15-4-2-1-3-14(15)16(18)20;4*1-2;/h2-5,11-13H,6-10H2,1H3;1-4,10-12H,5-9H2,(H,20,21);2-5,11-12H,6-10,17H2,1H3,(H,18,19);1-4,11-13H,5-9H2;4*1-2H3;/q;;;-1;;;;;. The van der Waals surface area contributed by atoms with Gasteiger partial charge in [-0.1, -0.05) is 130 Å². The number of fused-ring (bicyclic) bond motifs is 3. The van der Waals surface area contributed by atoms with Crippen LogP contribution < -0.4 is 27.7 Å². The van der Waals surface area contributed by atoms with E-state index < -0.39 is 5.97 Å². The molecule has 4 fully saturated rings. The van der Waals surface area contributed by atoms with Crippen molar-refractivity contribution < 1.29 is 71.3 Å². The summed E-state index contributed by atoms with van der Waals surface area (Å²) in [6.45, 7) is 18.6. The topological polar surface area (TPSA) is 267 Å². The maximum atomic E-state index is 12.5. The van der Waals surface area contributed by atoms with Gasteiger partial charge < -0.3 is 30.4 Å². The zero-order valence-electron chi connectivity index (χ0n) is 56.6. The zero-order valence-corrected chi connectivity index (χ0v) is 59.4. The van der Waals surface area contributed by atoms with E-state index in [4.69, 9.17) is 20.3 Å². The fraction of sp³-hybridized carbons (Fsp3) is 0.521. The van der Waals surface area contributed by atoms with E-state index >= 15 is 0 Å². The van der Waals surface area contributed by atoms with Gasteiger partial charge in [0.15, 0.2) is 0 Å². The molecule has 4 aliphatic carbocycles. The molecule has 503 valence electrons. The minimum absolute atomic E-state index is 0. The van der Waals surface area contributed by atoms with Crippen molar-refractivity contribution in [3.63, 3.8) is 0 Å². The van der Waals surface area contributed by atoms with Crippen molar-refractivity contribution in [1.82, 2.24) is 34.0 Å². The number of benzene rings is 4. The van der Waals surface area contributed by atoms with Gasteiger partial charge in [0.2, 0.25) is 0 Å². The molecule has 1 radical (unpaired) electrons. The Labute approximate surface area is 574 Å². The van der Waals surface area contributed by atoms with Crippen molar-refractivity contribution in [3.8, 4) is 0 Å². The Balaban J connectivity index is 0.000000311. The summed E-state index contributed by atoms with van der Waals surface area (Å²) in [5, 5.41) is 13.9. The molecule has 7 aromatic rings. The van der Waals surface area contributed by atoms with Crippen LogP contribution in [-0.2, 0) is 81.0 Å². The molecule has 19 nitrogen and oxygen atoms in total. The van der Waals surface area contributed by atoms with Crippen molar-refractivity contribution >= 4 is 68.5 Å². The number of hydrogen-bond acceptors (Lipinski definition) is 14. The van der Waals surface area contributed by atoms with E-state index in [1.54, 1.807) is 63.0 Å². The summed E-state index contributed by atoms with van der Waals surface area (Å²) < 4.78 is 14.6. The number of amides is 1. The number of anilines is 1. The van der Waals surface area contributed by atoms with Gasteiger partial charge in [0.25, 0.3) is 22.6 Å². The van der Waals surface area contributed by atoms with Crippen molar-refractivity contribution in [2.45, 2.75) is 178 Å². The van der Waals surface area contributed by atoms with Crippen LogP contribution in [0.1, 0.15) is 168 Å². The number of carbonyl (C=O) groups excluding carboxylic acids is 4. The Hall–Kier alpha value is -7.25. The second-order valence-corrected chi connectivity index (χ2v) is 22.8. The molecule has 3 aromatic heterocycles. The number of hydrogen-bond donors (Lipinski definition) is 3. The number of ether oxygens (including phenoxy) is 2. The van der Waals surface area contributed by atoms with Crippen LogP contribution in [0.15, 0.2) is 130 Å². The number of nitrogens with one attached hydrogen (secondary N) is 1. The van der Waals surface area contributed by atoms with Gasteiger partial charge in [0.05, 0.1) is 89.2 Å². The van der Waals surface area contributed by atoms with Crippen LogP contribution in [0, 0.1) is 47.3 Å². The predicted octanol–water partition coefficient (Wildman–Crippen LogP) is 13.1. The zero-order chi connectivity index (χ0) is 67.5. The minimum Gasteiger partial charge on any atom is -0.542 e. The van der Waals surface area contributed by atoms with Gasteiger partial charge >= 0.3 is 17.9 Å². The van der Waals surface area contributed by atoms with Crippen LogP contribution in [-0.4, -0.2) is 84.6 Å². The third-order valence-electron chi connectivity index (χ3n) is 17.3. The molecule has 0 unspecified atom stereocenters. The summed E-state index contributed by atoms with van der Waals surface area (Å²) in [7, 11) is 2.87. The van der Waals surface area contributed by atoms with Crippen LogP contribution >= 0.6 is 0 Å². The third-order valence-corrected chi connectivity index (χ3v) is 17.3. The van der Waals surface area contributed by atoms with Gasteiger partial charge in [-0.2, -0.15) is 0 Å². The second kappa shape index (κ2) is 43.6. The van der Waals surface area contributed by atoms with Crippen LogP contribution in [0.3, 0.4) is 0 Å². The van der Waals surface area contributed by atoms with E-state index in [2.05, 4.69) is 26.6 Å². The van der Waals surface area contributed by atoms with Crippen LogP contribution in [0.25, 0.3) is 32.7 Å². The largest absolute Gasteiger partial charge is 0.542 e. The summed E-state index contributed by atoms with van der Waals surface area (Å²) in [4.78, 5) is 107. The monoisotopic (exact) mass is 1350 g/mol. The third kappa shape index (κ3) is 24.2. The normalized spacial score (nSPS) is 20.2. The Morgan fingerprint density at radius 1 is 0.484 bits per heavy atom. The number of carboxylic acids is 1. The quantitative estimate of drug-likeness (QED) is 0.0550. The van der Waals surface area contributed by atoms with Crippen molar-refractivity contribution in [3.05, 3.63) is 153 Å². The summed E-state index contributed by atoms with van der Waals surface area (Å²) >= 11 is 0. The SMILES string of the molecule is CC.CC.CC.CC.COC(=O)C1CCC(CNC(=O)c2ccccc2N)CC1.COC(=O)C1CCC(Cn2cnc3ccccc3c2=O)CC1.O=C(O)C1CCC(Cn2cnc3ccccc3c2=O)CC1.O=[C-]C1CCC(Cn2cnc3ccccc3c2=O)CC1.[Y]. The average Bonchev–Trinajstić information content (AvgIpc) is 1.77. The van der Waals surface area contributed by atoms with Crippen LogP contribution in [0.2, 0.25) is 0 Å². The van der Waals surface area contributed by atoms with Gasteiger partial charge in [-0.3, -0.25) is 53.5 Å². The van der Waals surface area contributed by atoms with Gasteiger partial charge in [-0.05, 0) is 149 Å². The fourth-order valence-corrected chi connectivity index (χ4v) is 12.2. The Morgan fingerprint density at radius 2 is 0.796 bits per heavy atom.